The second kappa shape index (κ2) is 10.1. The summed E-state index contributed by atoms with van der Waals surface area (Å²) in [5, 5.41) is 9.43. The van der Waals surface area contributed by atoms with Crippen molar-refractivity contribution < 1.29 is 22.8 Å². The summed E-state index contributed by atoms with van der Waals surface area (Å²) in [6, 6.07) is 3.53. The summed E-state index contributed by atoms with van der Waals surface area (Å²) >= 11 is 12.7. The summed E-state index contributed by atoms with van der Waals surface area (Å²) in [4.78, 5) is 30.4. The number of carbonyl (C=O) groups is 2. The molecule has 190 valence electrons. The lowest BCUT2D eigenvalue weighted by Gasteiger charge is -2.18. The molecule has 1 fully saturated rings. The Morgan fingerprint density at radius 3 is 2.36 bits per heavy atom. The van der Waals surface area contributed by atoms with Gasteiger partial charge in [-0.25, -0.2) is 4.68 Å². The molecule has 0 spiro atoms. The van der Waals surface area contributed by atoms with E-state index < -0.39 is 29.4 Å². The predicted octanol–water partition coefficient (Wildman–Crippen LogP) is 6.55. The van der Waals surface area contributed by atoms with Gasteiger partial charge in [0.2, 0.25) is 0 Å². The normalized spacial score (nSPS) is 14.4. The van der Waals surface area contributed by atoms with Crippen LogP contribution in [0.1, 0.15) is 51.9 Å². The maximum absolute atomic E-state index is 13.5. The minimum absolute atomic E-state index is 0.0718. The molecule has 0 saturated heterocycles. The van der Waals surface area contributed by atoms with Crippen LogP contribution < -0.4 is 10.6 Å². The van der Waals surface area contributed by atoms with E-state index >= 15 is 0 Å². The quantitative estimate of drug-likeness (QED) is 0.317. The predicted molar refractivity (Wildman–Crippen MR) is 136 cm³/mol. The van der Waals surface area contributed by atoms with E-state index in [1.165, 1.54) is 18.5 Å². The van der Waals surface area contributed by atoms with Crippen molar-refractivity contribution in [1.29, 1.82) is 0 Å². The molecule has 0 radical (unpaired) electrons. The van der Waals surface area contributed by atoms with Crippen LogP contribution in [0.3, 0.4) is 0 Å². The van der Waals surface area contributed by atoms with Crippen molar-refractivity contribution >= 4 is 61.0 Å². The van der Waals surface area contributed by atoms with E-state index in [1.807, 2.05) is 6.92 Å². The highest BCUT2D eigenvalue weighted by molar-refractivity contribution is 9.11. The van der Waals surface area contributed by atoms with E-state index in [0.717, 1.165) is 17.5 Å². The van der Waals surface area contributed by atoms with Crippen LogP contribution in [-0.2, 0) is 6.18 Å². The highest BCUT2D eigenvalue weighted by atomic mass is 79.9. The van der Waals surface area contributed by atoms with Crippen LogP contribution in [0.15, 0.2) is 39.5 Å². The third kappa shape index (κ3) is 5.60. The van der Waals surface area contributed by atoms with Crippen LogP contribution >= 0.6 is 43.5 Å². The molecule has 1 atom stereocenters. The number of rotatable bonds is 6. The van der Waals surface area contributed by atoms with Gasteiger partial charge in [-0.1, -0.05) is 11.6 Å². The van der Waals surface area contributed by atoms with Crippen LogP contribution in [-0.4, -0.2) is 32.6 Å². The summed E-state index contributed by atoms with van der Waals surface area (Å²) in [5.74, 6) is -0.956. The third-order valence-corrected chi connectivity index (χ3v) is 7.12. The highest BCUT2D eigenvalue weighted by Crippen LogP contribution is 2.35. The van der Waals surface area contributed by atoms with Crippen molar-refractivity contribution in [3.8, 4) is 5.69 Å². The standard InChI is InChI=1S/C23H19Br2ClF3N5O2/c1-10-5-13(26)6-14(21(35)31-11(2)12-3-4-12)19(10)32-22(36)17-7-18(23(27,28)29)33-34(17)20-15(24)8-30-9-16(20)25/h5-9,11-12H,3-4H2,1-2H3,(H,31,35)(H,32,36). The summed E-state index contributed by atoms with van der Waals surface area (Å²) in [7, 11) is 0. The number of nitrogens with zero attached hydrogens (tertiary/aromatic N) is 3. The molecule has 7 nitrogen and oxygen atoms in total. The molecular weight excluding hydrogens is 631 g/mol. The lowest BCUT2D eigenvalue weighted by molar-refractivity contribution is -0.141. The van der Waals surface area contributed by atoms with E-state index in [4.69, 9.17) is 11.6 Å². The molecule has 0 bridgehead atoms. The van der Waals surface area contributed by atoms with Crippen molar-refractivity contribution in [2.45, 2.75) is 38.9 Å². The smallest absolute Gasteiger partial charge is 0.349 e. The number of anilines is 1. The molecule has 2 aromatic heterocycles. The van der Waals surface area contributed by atoms with Crippen molar-refractivity contribution in [1.82, 2.24) is 20.1 Å². The average molecular weight is 650 g/mol. The molecule has 1 aromatic carbocycles. The fraction of sp³-hybridized carbons (Fsp3) is 0.304. The molecule has 2 amide bonds. The Morgan fingerprint density at radius 2 is 1.78 bits per heavy atom. The van der Waals surface area contributed by atoms with Gasteiger partial charge in [-0.15, -0.1) is 0 Å². The van der Waals surface area contributed by atoms with Gasteiger partial charge in [-0.05, 0) is 82.2 Å². The number of pyridine rings is 1. The molecule has 1 saturated carbocycles. The zero-order chi connectivity index (χ0) is 26.4. The van der Waals surface area contributed by atoms with E-state index in [1.54, 1.807) is 13.0 Å². The van der Waals surface area contributed by atoms with Crippen molar-refractivity contribution in [2.75, 3.05) is 5.32 Å². The van der Waals surface area contributed by atoms with Gasteiger partial charge in [0.05, 0.1) is 25.9 Å². The first-order chi connectivity index (χ1) is 16.9. The van der Waals surface area contributed by atoms with Gasteiger partial charge in [-0.2, -0.15) is 18.3 Å². The van der Waals surface area contributed by atoms with E-state index in [9.17, 15) is 22.8 Å². The molecule has 0 aliphatic heterocycles. The molecule has 1 aliphatic carbocycles. The zero-order valence-corrected chi connectivity index (χ0v) is 22.8. The minimum Gasteiger partial charge on any atom is -0.349 e. The minimum atomic E-state index is -4.80. The number of hydrogen-bond donors (Lipinski definition) is 2. The number of alkyl halides is 3. The number of halogens is 6. The van der Waals surface area contributed by atoms with Gasteiger partial charge in [0, 0.05) is 29.5 Å². The Bertz CT molecular complexity index is 1340. The van der Waals surface area contributed by atoms with Gasteiger partial charge < -0.3 is 10.6 Å². The van der Waals surface area contributed by atoms with E-state index in [2.05, 4.69) is 52.6 Å². The first-order valence-corrected chi connectivity index (χ1v) is 12.7. The van der Waals surface area contributed by atoms with Crippen LogP contribution in [0, 0.1) is 12.8 Å². The van der Waals surface area contributed by atoms with Crippen molar-refractivity contribution in [3.63, 3.8) is 0 Å². The van der Waals surface area contributed by atoms with Crippen LogP contribution in [0.2, 0.25) is 5.02 Å². The topological polar surface area (TPSA) is 88.9 Å². The highest BCUT2D eigenvalue weighted by Gasteiger charge is 2.37. The number of aromatic nitrogens is 3. The first kappa shape index (κ1) is 26.6. The van der Waals surface area contributed by atoms with Gasteiger partial charge in [0.15, 0.2) is 5.69 Å². The summed E-state index contributed by atoms with van der Waals surface area (Å²) in [6.07, 6.45) is -0.0317. The van der Waals surface area contributed by atoms with Gasteiger partial charge in [0.1, 0.15) is 5.69 Å². The summed E-state index contributed by atoms with van der Waals surface area (Å²) in [5.41, 5.74) is -0.800. The lowest BCUT2D eigenvalue weighted by Crippen LogP contribution is -2.34. The summed E-state index contributed by atoms with van der Waals surface area (Å²) < 4.78 is 42.1. The van der Waals surface area contributed by atoms with Gasteiger partial charge >= 0.3 is 6.18 Å². The Balaban J connectivity index is 1.76. The Kier molecular flexibility index (Phi) is 7.50. The third-order valence-electron chi connectivity index (χ3n) is 5.74. The van der Waals surface area contributed by atoms with Gasteiger partial charge in [0.25, 0.3) is 11.8 Å². The van der Waals surface area contributed by atoms with Crippen LogP contribution in [0.5, 0.6) is 0 Å². The Morgan fingerprint density at radius 1 is 1.14 bits per heavy atom. The zero-order valence-electron chi connectivity index (χ0n) is 18.9. The maximum Gasteiger partial charge on any atom is 0.435 e. The molecule has 1 aliphatic rings. The van der Waals surface area contributed by atoms with Gasteiger partial charge in [-0.3, -0.25) is 14.6 Å². The number of benzene rings is 1. The SMILES string of the molecule is Cc1cc(Cl)cc(C(=O)NC(C)C2CC2)c1NC(=O)c1cc(C(F)(F)F)nn1-c1c(Br)cncc1Br. The van der Waals surface area contributed by atoms with Crippen LogP contribution in [0.4, 0.5) is 18.9 Å². The molecular formula is C23H19Br2ClF3N5O2. The molecule has 4 rings (SSSR count). The lowest BCUT2D eigenvalue weighted by atomic mass is 10.1. The molecule has 13 heteroatoms. The molecule has 36 heavy (non-hydrogen) atoms. The number of nitrogens with one attached hydrogen (secondary N) is 2. The fourth-order valence-electron chi connectivity index (χ4n) is 3.72. The second-order valence-electron chi connectivity index (χ2n) is 8.48. The molecule has 3 aromatic rings. The Hall–Kier alpha value is -2.44. The number of carbonyl (C=O) groups excluding carboxylic acids is 2. The Labute approximate surface area is 226 Å². The second-order valence-corrected chi connectivity index (χ2v) is 10.6. The number of amides is 2. The summed E-state index contributed by atoms with van der Waals surface area (Å²) in [6.45, 7) is 3.53. The maximum atomic E-state index is 13.5. The van der Waals surface area contributed by atoms with E-state index in [-0.39, 0.29) is 28.0 Å². The number of hydrogen-bond acceptors (Lipinski definition) is 4. The molecule has 2 heterocycles. The van der Waals surface area contributed by atoms with Crippen LogP contribution in [0.25, 0.3) is 5.69 Å². The molecule has 1 unspecified atom stereocenters. The fourth-order valence-corrected chi connectivity index (χ4v) is 5.26. The van der Waals surface area contributed by atoms with Crippen molar-refractivity contribution in [2.24, 2.45) is 5.92 Å². The van der Waals surface area contributed by atoms with Crippen molar-refractivity contribution in [3.05, 3.63) is 67.1 Å². The first-order valence-electron chi connectivity index (χ1n) is 10.8. The monoisotopic (exact) mass is 647 g/mol. The van der Waals surface area contributed by atoms with E-state index in [0.29, 0.717) is 26.5 Å². The molecule has 2 N–H and O–H groups in total. The average Bonchev–Trinajstić information content (AvgIpc) is 3.53. The number of aryl methyl sites for hydroxylation is 1. The largest absolute Gasteiger partial charge is 0.435 e.